The molecule has 2 heterocycles. The van der Waals surface area contributed by atoms with Crippen molar-refractivity contribution >= 4 is 35.2 Å². The van der Waals surface area contributed by atoms with Crippen molar-refractivity contribution in [3.05, 3.63) is 82.8 Å². The summed E-state index contributed by atoms with van der Waals surface area (Å²) in [5.74, 6) is 0. The largest absolute Gasteiger partial charge is 0.378 e. The minimum Gasteiger partial charge on any atom is -0.378 e. The van der Waals surface area contributed by atoms with Gasteiger partial charge in [-0.25, -0.2) is 4.98 Å². The Kier molecular flexibility index (Phi) is 8.01. The third kappa shape index (κ3) is 5.94. The molecule has 2 aromatic carbocycles. The van der Waals surface area contributed by atoms with Crippen LogP contribution in [0.2, 0.25) is 0 Å². The maximum absolute atomic E-state index is 5.62. The highest BCUT2D eigenvalue weighted by atomic mass is 16.5. The zero-order valence-corrected chi connectivity index (χ0v) is 21.7. The number of hydrogen-bond donors (Lipinski definition) is 0. The van der Waals surface area contributed by atoms with Crippen molar-refractivity contribution in [3.8, 4) is 0 Å². The van der Waals surface area contributed by atoms with Gasteiger partial charge in [0.05, 0.1) is 42.9 Å². The molecule has 1 fully saturated rings. The Balaban J connectivity index is 1.37. The molecular formula is C30H34N6O. The molecule has 1 aliphatic carbocycles. The van der Waals surface area contributed by atoms with E-state index in [2.05, 4.69) is 74.2 Å². The number of para-hydroxylation sites is 2. The summed E-state index contributed by atoms with van der Waals surface area (Å²) in [5.41, 5.74) is 8.75. The highest BCUT2D eigenvalue weighted by Crippen LogP contribution is 2.35. The Morgan fingerprint density at radius 3 is 2.41 bits per heavy atom. The van der Waals surface area contributed by atoms with E-state index in [9.17, 15) is 0 Å². The molecule has 2 aliphatic rings. The van der Waals surface area contributed by atoms with E-state index in [1.54, 1.807) is 12.4 Å². The van der Waals surface area contributed by atoms with Crippen molar-refractivity contribution in [1.29, 1.82) is 0 Å². The van der Waals surface area contributed by atoms with Gasteiger partial charge in [-0.15, -0.1) is 0 Å². The first-order chi connectivity index (χ1) is 18.2. The lowest BCUT2D eigenvalue weighted by atomic mass is 10.1. The lowest BCUT2D eigenvalue weighted by Crippen LogP contribution is -2.36. The van der Waals surface area contributed by atoms with Crippen LogP contribution in [-0.4, -0.2) is 66.7 Å². The van der Waals surface area contributed by atoms with E-state index in [-0.39, 0.29) is 0 Å². The quantitative estimate of drug-likeness (QED) is 0.312. The van der Waals surface area contributed by atoms with Crippen LogP contribution in [0.5, 0.6) is 0 Å². The molecule has 0 atom stereocenters. The molecule has 7 heteroatoms. The lowest BCUT2D eigenvalue weighted by molar-refractivity contribution is 0.0548. The molecule has 0 N–H and O–H groups in total. The van der Waals surface area contributed by atoms with E-state index >= 15 is 0 Å². The molecule has 1 aromatic heterocycles. The van der Waals surface area contributed by atoms with Crippen LogP contribution in [0.4, 0.5) is 5.69 Å². The highest BCUT2D eigenvalue weighted by molar-refractivity contribution is 5.85. The van der Waals surface area contributed by atoms with E-state index in [1.165, 1.54) is 28.1 Å². The molecule has 0 amide bonds. The van der Waals surface area contributed by atoms with Gasteiger partial charge in [-0.05, 0) is 73.7 Å². The summed E-state index contributed by atoms with van der Waals surface area (Å²) in [5, 5.41) is 8.68. The van der Waals surface area contributed by atoms with Crippen molar-refractivity contribution in [2.45, 2.75) is 26.7 Å². The van der Waals surface area contributed by atoms with Crippen LogP contribution in [0, 0.1) is 0 Å². The molecule has 7 nitrogen and oxygen atoms in total. The molecule has 0 radical (unpaired) electrons. The topological polar surface area (TPSA) is 66.2 Å². The van der Waals surface area contributed by atoms with Crippen molar-refractivity contribution in [2.75, 3.05) is 44.3 Å². The minimum atomic E-state index is 0.693. The van der Waals surface area contributed by atoms with Gasteiger partial charge < -0.3 is 14.5 Å². The molecule has 37 heavy (non-hydrogen) atoms. The van der Waals surface area contributed by atoms with E-state index < -0.39 is 0 Å². The smallest absolute Gasteiger partial charge is 0.102 e. The van der Waals surface area contributed by atoms with Crippen LogP contribution in [0.15, 0.2) is 81.8 Å². The fourth-order valence-corrected chi connectivity index (χ4v) is 4.97. The van der Waals surface area contributed by atoms with E-state index in [0.29, 0.717) is 5.69 Å². The number of rotatable bonds is 8. The van der Waals surface area contributed by atoms with Crippen LogP contribution in [0.3, 0.4) is 0 Å². The number of morpholine rings is 1. The number of anilines is 1. The number of hydrogen-bond acceptors (Lipinski definition) is 7. The first-order valence-electron chi connectivity index (χ1n) is 13.1. The molecule has 3 aromatic rings. The number of fused-ring (bicyclic) bond motifs is 1. The second-order valence-corrected chi connectivity index (χ2v) is 9.18. The molecule has 0 saturated carbocycles. The van der Waals surface area contributed by atoms with Crippen molar-refractivity contribution < 1.29 is 4.74 Å². The van der Waals surface area contributed by atoms with E-state index in [4.69, 9.17) is 4.74 Å². The first-order valence-corrected chi connectivity index (χ1v) is 13.1. The Hall–Kier alpha value is -3.84. The first kappa shape index (κ1) is 24.8. The average Bonchev–Trinajstić information content (AvgIpc) is 3.35. The third-order valence-corrected chi connectivity index (χ3v) is 6.90. The Bertz CT molecular complexity index is 1330. The van der Waals surface area contributed by atoms with Crippen LogP contribution in [0.1, 0.15) is 37.9 Å². The van der Waals surface area contributed by atoms with Gasteiger partial charge in [-0.3, -0.25) is 4.98 Å². The summed E-state index contributed by atoms with van der Waals surface area (Å²) in [4.78, 5) is 13.8. The Labute approximate surface area is 218 Å². The van der Waals surface area contributed by atoms with Gasteiger partial charge >= 0.3 is 0 Å². The monoisotopic (exact) mass is 494 g/mol. The molecular weight excluding hydrogens is 460 g/mol. The van der Waals surface area contributed by atoms with Crippen LogP contribution >= 0.6 is 0 Å². The Morgan fingerprint density at radius 1 is 0.919 bits per heavy atom. The second kappa shape index (κ2) is 11.9. The van der Waals surface area contributed by atoms with Gasteiger partial charge in [0.25, 0.3) is 0 Å². The maximum atomic E-state index is 5.62. The van der Waals surface area contributed by atoms with Crippen LogP contribution in [0.25, 0.3) is 17.1 Å². The fourth-order valence-electron chi connectivity index (χ4n) is 4.97. The minimum absolute atomic E-state index is 0.693. The van der Waals surface area contributed by atoms with Crippen molar-refractivity contribution in [3.63, 3.8) is 0 Å². The number of ether oxygens (including phenoxy) is 1. The van der Waals surface area contributed by atoms with Crippen molar-refractivity contribution in [2.24, 2.45) is 10.2 Å². The van der Waals surface area contributed by atoms with Gasteiger partial charge in [-0.1, -0.05) is 24.3 Å². The molecule has 0 bridgehead atoms. The van der Waals surface area contributed by atoms with Crippen LogP contribution in [-0.2, 0) is 4.74 Å². The lowest BCUT2D eigenvalue weighted by Gasteiger charge is -2.31. The fraction of sp³-hybridized carbons (Fsp3) is 0.333. The third-order valence-electron chi connectivity index (χ3n) is 6.90. The maximum Gasteiger partial charge on any atom is 0.102 e. The SMILES string of the molecule is CCN(CC)c1ccc(/C=C2\CCC(/C=N/N=C/c3cnc4ccccc4n3)=C2N2CCOCC2)cc1. The standard InChI is InChI=1S/C30H34N6O/c1-3-35(4-2)27-13-9-23(10-14-27)19-24-11-12-25(30(24)36-15-17-37-18-16-36)20-32-33-22-26-21-31-28-7-5-6-8-29(28)34-26/h5-10,13-14,19-22H,3-4,11-12,15-18H2,1-2H3/b24-19+,32-20+,33-22+. The summed E-state index contributed by atoms with van der Waals surface area (Å²) in [6.45, 7) is 9.69. The number of aromatic nitrogens is 2. The molecule has 190 valence electrons. The summed E-state index contributed by atoms with van der Waals surface area (Å²) in [6.07, 6.45) is 9.55. The molecule has 1 saturated heterocycles. The number of nitrogens with zero attached hydrogens (tertiary/aromatic N) is 6. The van der Waals surface area contributed by atoms with E-state index in [1.807, 2.05) is 30.5 Å². The van der Waals surface area contributed by atoms with Gasteiger partial charge in [0.15, 0.2) is 0 Å². The summed E-state index contributed by atoms with van der Waals surface area (Å²) in [6, 6.07) is 16.7. The number of allylic oxidation sites excluding steroid dienone is 2. The predicted molar refractivity (Wildman–Crippen MR) is 152 cm³/mol. The van der Waals surface area contributed by atoms with Gasteiger partial charge in [0, 0.05) is 37.6 Å². The summed E-state index contributed by atoms with van der Waals surface area (Å²) >= 11 is 0. The number of benzene rings is 2. The van der Waals surface area contributed by atoms with Gasteiger partial charge in [-0.2, -0.15) is 10.2 Å². The van der Waals surface area contributed by atoms with Gasteiger partial charge in [0.1, 0.15) is 5.69 Å². The van der Waals surface area contributed by atoms with Crippen LogP contribution < -0.4 is 4.90 Å². The summed E-state index contributed by atoms with van der Waals surface area (Å²) in [7, 11) is 0. The molecule has 5 rings (SSSR count). The van der Waals surface area contributed by atoms with Gasteiger partial charge in [0.2, 0.25) is 0 Å². The zero-order valence-electron chi connectivity index (χ0n) is 21.7. The predicted octanol–water partition coefficient (Wildman–Crippen LogP) is 5.34. The second-order valence-electron chi connectivity index (χ2n) is 9.18. The zero-order chi connectivity index (χ0) is 25.5. The molecule has 1 aliphatic heterocycles. The molecule has 0 spiro atoms. The summed E-state index contributed by atoms with van der Waals surface area (Å²) < 4.78 is 5.62. The molecule has 0 unspecified atom stereocenters. The highest BCUT2D eigenvalue weighted by Gasteiger charge is 2.25. The normalized spacial score (nSPS) is 17.7. The van der Waals surface area contributed by atoms with Crippen molar-refractivity contribution in [1.82, 2.24) is 14.9 Å². The van der Waals surface area contributed by atoms with E-state index in [0.717, 1.165) is 63.3 Å². The average molecular weight is 495 g/mol. The Morgan fingerprint density at radius 2 is 1.65 bits per heavy atom.